The van der Waals surface area contributed by atoms with E-state index >= 15 is 0 Å². The van der Waals surface area contributed by atoms with Gasteiger partial charge in [-0.15, -0.1) is 0 Å². The Bertz CT molecular complexity index is 279. The second kappa shape index (κ2) is 6.56. The van der Waals surface area contributed by atoms with Crippen LogP contribution in [-0.2, 0) is 14.3 Å². The number of hydrogen-bond donors (Lipinski definition) is 1. The fraction of sp³-hybridized carbons (Fsp3) is 0.818. The molecule has 0 aromatic carbocycles. The highest BCUT2D eigenvalue weighted by atomic mass is 16.5. The number of methoxy groups -OCH3 is 1. The van der Waals surface area contributed by atoms with Crippen molar-refractivity contribution in [3.05, 3.63) is 0 Å². The first kappa shape index (κ1) is 13.9. The molecule has 1 amide bonds. The maximum absolute atomic E-state index is 11.8. The van der Waals surface area contributed by atoms with Crippen molar-refractivity contribution in [2.75, 3.05) is 40.4 Å². The molecule has 1 saturated carbocycles. The van der Waals surface area contributed by atoms with E-state index in [0.717, 1.165) is 12.8 Å². The average Bonchev–Trinajstić information content (AvgIpc) is 3.07. The molecule has 0 heterocycles. The minimum atomic E-state index is -0.928. The van der Waals surface area contributed by atoms with Crippen LogP contribution >= 0.6 is 0 Å². The van der Waals surface area contributed by atoms with Crippen molar-refractivity contribution in [2.24, 2.45) is 0 Å². The fourth-order valence-electron chi connectivity index (χ4n) is 1.59. The van der Waals surface area contributed by atoms with Gasteiger partial charge in [-0.1, -0.05) is 0 Å². The quantitative estimate of drug-likeness (QED) is 0.631. The van der Waals surface area contributed by atoms with Crippen molar-refractivity contribution in [2.45, 2.75) is 18.9 Å². The van der Waals surface area contributed by atoms with Gasteiger partial charge in [-0.3, -0.25) is 14.5 Å². The summed E-state index contributed by atoms with van der Waals surface area (Å²) in [6.45, 7) is 0.886. The van der Waals surface area contributed by atoms with Gasteiger partial charge in [0.05, 0.1) is 19.7 Å². The molecule has 6 heteroatoms. The standard InChI is InChI=1S/C11H20N2O4/c1-12(9-3-4-9)10(14)7-13(5-6-17-2)8-11(15)16/h9H,3-8H2,1-2H3,(H,15,16). The van der Waals surface area contributed by atoms with E-state index in [9.17, 15) is 9.59 Å². The first-order valence-corrected chi connectivity index (χ1v) is 5.73. The van der Waals surface area contributed by atoms with Gasteiger partial charge in [0.1, 0.15) is 0 Å². The van der Waals surface area contributed by atoms with Crippen molar-refractivity contribution in [3.8, 4) is 0 Å². The van der Waals surface area contributed by atoms with Crippen LogP contribution in [0.2, 0.25) is 0 Å². The third kappa shape index (κ3) is 5.14. The Morgan fingerprint density at radius 2 is 2.00 bits per heavy atom. The number of nitrogens with zero attached hydrogens (tertiary/aromatic N) is 2. The van der Waals surface area contributed by atoms with Gasteiger partial charge in [-0.2, -0.15) is 0 Å². The van der Waals surface area contributed by atoms with Crippen LogP contribution in [0.1, 0.15) is 12.8 Å². The Balaban J connectivity index is 2.39. The third-order valence-corrected chi connectivity index (χ3v) is 2.82. The van der Waals surface area contributed by atoms with Crippen molar-refractivity contribution >= 4 is 11.9 Å². The molecule has 0 aromatic rings. The minimum absolute atomic E-state index is 0.0233. The zero-order valence-electron chi connectivity index (χ0n) is 10.4. The van der Waals surface area contributed by atoms with Crippen LogP contribution < -0.4 is 0 Å². The topological polar surface area (TPSA) is 70.1 Å². The van der Waals surface area contributed by atoms with Crippen LogP contribution in [-0.4, -0.2) is 73.2 Å². The average molecular weight is 244 g/mol. The molecule has 1 aliphatic rings. The van der Waals surface area contributed by atoms with Gasteiger partial charge >= 0.3 is 5.97 Å². The van der Waals surface area contributed by atoms with Gasteiger partial charge in [-0.05, 0) is 12.8 Å². The summed E-state index contributed by atoms with van der Waals surface area (Å²) < 4.78 is 4.90. The highest BCUT2D eigenvalue weighted by Gasteiger charge is 2.30. The molecule has 1 rings (SSSR count). The van der Waals surface area contributed by atoms with E-state index in [0.29, 0.717) is 19.2 Å². The number of amides is 1. The third-order valence-electron chi connectivity index (χ3n) is 2.82. The van der Waals surface area contributed by atoms with E-state index in [4.69, 9.17) is 9.84 Å². The maximum Gasteiger partial charge on any atom is 0.317 e. The van der Waals surface area contributed by atoms with Gasteiger partial charge < -0.3 is 14.7 Å². The number of carbonyl (C=O) groups is 2. The van der Waals surface area contributed by atoms with Crippen LogP contribution in [0.3, 0.4) is 0 Å². The molecular formula is C11H20N2O4. The first-order chi connectivity index (χ1) is 8.04. The number of carboxylic acids is 1. The molecule has 0 aliphatic heterocycles. The molecule has 0 bridgehead atoms. The van der Waals surface area contributed by atoms with Crippen LogP contribution in [0, 0.1) is 0 Å². The highest BCUT2D eigenvalue weighted by Crippen LogP contribution is 2.25. The summed E-state index contributed by atoms with van der Waals surface area (Å²) in [5.74, 6) is -0.951. The lowest BCUT2D eigenvalue weighted by molar-refractivity contribution is -0.139. The lowest BCUT2D eigenvalue weighted by atomic mass is 10.4. The zero-order valence-corrected chi connectivity index (χ0v) is 10.4. The normalized spacial score (nSPS) is 15.0. The van der Waals surface area contributed by atoms with Crippen LogP contribution in [0.15, 0.2) is 0 Å². The lowest BCUT2D eigenvalue weighted by Crippen LogP contribution is -2.42. The molecule has 0 aromatic heterocycles. The summed E-state index contributed by atoms with van der Waals surface area (Å²) in [5.41, 5.74) is 0. The summed E-state index contributed by atoms with van der Waals surface area (Å²) in [7, 11) is 3.33. The monoisotopic (exact) mass is 244 g/mol. The molecule has 0 unspecified atom stereocenters. The number of rotatable bonds is 8. The van der Waals surface area contributed by atoms with Crippen molar-refractivity contribution < 1.29 is 19.4 Å². The Morgan fingerprint density at radius 1 is 1.35 bits per heavy atom. The number of ether oxygens (including phenoxy) is 1. The second-order valence-electron chi connectivity index (χ2n) is 4.33. The fourth-order valence-corrected chi connectivity index (χ4v) is 1.59. The number of hydrogen-bond acceptors (Lipinski definition) is 4. The summed E-state index contributed by atoms with van der Waals surface area (Å²) in [4.78, 5) is 25.8. The predicted octanol–water partition coefficient (Wildman–Crippen LogP) is -0.360. The predicted molar refractivity (Wildman–Crippen MR) is 61.7 cm³/mol. The van der Waals surface area contributed by atoms with Gasteiger partial charge in [0.15, 0.2) is 0 Å². The Labute approximate surface area is 101 Å². The molecule has 6 nitrogen and oxygen atoms in total. The molecule has 98 valence electrons. The second-order valence-corrected chi connectivity index (χ2v) is 4.33. The smallest absolute Gasteiger partial charge is 0.317 e. The lowest BCUT2D eigenvalue weighted by Gasteiger charge is -2.23. The van der Waals surface area contributed by atoms with Gasteiger partial charge in [0.2, 0.25) is 5.91 Å². The molecule has 0 saturated heterocycles. The maximum atomic E-state index is 11.8. The summed E-state index contributed by atoms with van der Waals surface area (Å²) in [5, 5.41) is 8.75. The van der Waals surface area contributed by atoms with Crippen LogP contribution in [0.4, 0.5) is 0 Å². The molecule has 1 aliphatic carbocycles. The van der Waals surface area contributed by atoms with E-state index in [1.54, 1.807) is 24.0 Å². The van der Waals surface area contributed by atoms with E-state index < -0.39 is 5.97 Å². The van der Waals surface area contributed by atoms with Crippen molar-refractivity contribution in [1.82, 2.24) is 9.80 Å². The molecule has 1 fully saturated rings. The van der Waals surface area contributed by atoms with E-state index in [-0.39, 0.29) is 19.0 Å². The Hall–Kier alpha value is -1.14. The number of carboxylic acid groups (broad SMARTS) is 1. The van der Waals surface area contributed by atoms with E-state index in [1.165, 1.54) is 0 Å². The van der Waals surface area contributed by atoms with Crippen LogP contribution in [0.25, 0.3) is 0 Å². The summed E-state index contributed by atoms with van der Waals surface area (Å²) in [6, 6.07) is 0.358. The number of likely N-dealkylation sites (N-methyl/N-ethyl adjacent to an activating group) is 1. The number of carbonyl (C=O) groups excluding carboxylic acids is 1. The van der Waals surface area contributed by atoms with Gasteiger partial charge in [0.25, 0.3) is 0 Å². The molecule has 0 spiro atoms. The summed E-state index contributed by atoms with van der Waals surface area (Å²) >= 11 is 0. The Morgan fingerprint density at radius 3 is 2.47 bits per heavy atom. The van der Waals surface area contributed by atoms with Crippen molar-refractivity contribution in [3.63, 3.8) is 0 Å². The molecule has 0 radical (unpaired) electrons. The van der Waals surface area contributed by atoms with Gasteiger partial charge in [-0.25, -0.2) is 0 Å². The highest BCUT2D eigenvalue weighted by molar-refractivity contribution is 5.79. The summed E-state index contributed by atoms with van der Waals surface area (Å²) in [6.07, 6.45) is 2.11. The number of aliphatic carboxylic acids is 1. The van der Waals surface area contributed by atoms with Gasteiger partial charge in [0, 0.05) is 26.7 Å². The molecule has 1 N–H and O–H groups in total. The van der Waals surface area contributed by atoms with E-state index in [2.05, 4.69) is 0 Å². The van der Waals surface area contributed by atoms with Crippen LogP contribution in [0.5, 0.6) is 0 Å². The first-order valence-electron chi connectivity index (χ1n) is 5.73. The Kier molecular flexibility index (Phi) is 5.37. The largest absolute Gasteiger partial charge is 0.480 e. The zero-order chi connectivity index (χ0) is 12.8. The molecule has 17 heavy (non-hydrogen) atoms. The van der Waals surface area contributed by atoms with Crippen molar-refractivity contribution in [1.29, 1.82) is 0 Å². The molecular weight excluding hydrogens is 224 g/mol. The molecule has 0 atom stereocenters. The SMILES string of the molecule is COCCN(CC(=O)O)CC(=O)N(C)C1CC1. The van der Waals surface area contributed by atoms with E-state index in [1.807, 2.05) is 0 Å². The minimum Gasteiger partial charge on any atom is -0.480 e.